The molecule has 2 aromatic carbocycles. The summed E-state index contributed by atoms with van der Waals surface area (Å²) in [6.45, 7) is 1.99. The predicted octanol–water partition coefficient (Wildman–Crippen LogP) is 3.94. The SMILES string of the molecule is CC(Nc1cnnc2ccccc12)c1cccc(F)c1. The second-order valence-electron chi connectivity index (χ2n) is 4.70. The van der Waals surface area contributed by atoms with Gasteiger partial charge in [-0.25, -0.2) is 4.39 Å². The van der Waals surface area contributed by atoms with Crippen molar-refractivity contribution in [1.29, 1.82) is 0 Å². The molecular formula is C16H14FN3. The molecule has 3 rings (SSSR count). The van der Waals surface area contributed by atoms with Crippen LogP contribution in [0, 0.1) is 5.82 Å². The van der Waals surface area contributed by atoms with E-state index >= 15 is 0 Å². The third-order valence-electron chi connectivity index (χ3n) is 3.27. The van der Waals surface area contributed by atoms with E-state index in [0.29, 0.717) is 0 Å². The fourth-order valence-electron chi connectivity index (χ4n) is 2.21. The third kappa shape index (κ3) is 2.45. The van der Waals surface area contributed by atoms with Gasteiger partial charge in [-0.1, -0.05) is 30.3 Å². The second-order valence-corrected chi connectivity index (χ2v) is 4.70. The lowest BCUT2D eigenvalue weighted by atomic mass is 10.1. The van der Waals surface area contributed by atoms with Gasteiger partial charge in [-0.3, -0.25) is 0 Å². The molecule has 0 aliphatic carbocycles. The van der Waals surface area contributed by atoms with Crippen LogP contribution in [0.25, 0.3) is 10.9 Å². The highest BCUT2D eigenvalue weighted by Crippen LogP contribution is 2.25. The van der Waals surface area contributed by atoms with E-state index in [1.54, 1.807) is 12.3 Å². The summed E-state index contributed by atoms with van der Waals surface area (Å²) >= 11 is 0. The minimum absolute atomic E-state index is 0.0155. The average molecular weight is 267 g/mol. The van der Waals surface area contributed by atoms with Crippen molar-refractivity contribution in [3.63, 3.8) is 0 Å². The van der Waals surface area contributed by atoms with Crippen molar-refractivity contribution in [3.05, 3.63) is 66.1 Å². The molecule has 0 fully saturated rings. The molecule has 1 N–H and O–H groups in total. The zero-order valence-electron chi connectivity index (χ0n) is 11.0. The van der Waals surface area contributed by atoms with E-state index in [1.807, 2.05) is 37.3 Å². The number of rotatable bonds is 3. The number of anilines is 1. The van der Waals surface area contributed by atoms with Crippen molar-refractivity contribution in [2.45, 2.75) is 13.0 Å². The van der Waals surface area contributed by atoms with Crippen LogP contribution in [0.2, 0.25) is 0 Å². The number of hydrogen-bond acceptors (Lipinski definition) is 3. The summed E-state index contributed by atoms with van der Waals surface area (Å²) in [6.07, 6.45) is 1.69. The van der Waals surface area contributed by atoms with Gasteiger partial charge in [0, 0.05) is 11.4 Å². The Hall–Kier alpha value is -2.49. The first-order chi connectivity index (χ1) is 9.74. The molecule has 0 saturated carbocycles. The van der Waals surface area contributed by atoms with Crippen LogP contribution in [0.15, 0.2) is 54.7 Å². The van der Waals surface area contributed by atoms with Crippen LogP contribution >= 0.6 is 0 Å². The summed E-state index contributed by atoms with van der Waals surface area (Å²) in [6, 6.07) is 14.4. The Morgan fingerprint density at radius 3 is 2.80 bits per heavy atom. The maximum Gasteiger partial charge on any atom is 0.123 e. The number of aromatic nitrogens is 2. The third-order valence-corrected chi connectivity index (χ3v) is 3.27. The zero-order chi connectivity index (χ0) is 13.9. The van der Waals surface area contributed by atoms with E-state index in [2.05, 4.69) is 15.5 Å². The Kier molecular flexibility index (Phi) is 3.29. The normalized spacial score (nSPS) is 12.3. The first kappa shape index (κ1) is 12.5. The maximum atomic E-state index is 13.3. The monoisotopic (exact) mass is 267 g/mol. The van der Waals surface area contributed by atoms with E-state index in [4.69, 9.17) is 0 Å². The molecule has 3 aromatic rings. The second kappa shape index (κ2) is 5.25. The van der Waals surface area contributed by atoms with Gasteiger partial charge in [-0.2, -0.15) is 10.2 Å². The van der Waals surface area contributed by atoms with Crippen molar-refractivity contribution in [2.75, 3.05) is 5.32 Å². The summed E-state index contributed by atoms with van der Waals surface area (Å²) in [4.78, 5) is 0. The molecule has 0 radical (unpaired) electrons. The molecule has 1 atom stereocenters. The number of nitrogens with one attached hydrogen (secondary N) is 1. The number of nitrogens with zero attached hydrogens (tertiary/aromatic N) is 2. The van der Waals surface area contributed by atoms with Gasteiger partial charge in [-0.15, -0.1) is 0 Å². The molecule has 4 heteroatoms. The lowest BCUT2D eigenvalue weighted by Gasteiger charge is -2.16. The Balaban J connectivity index is 1.93. The molecule has 100 valence electrons. The van der Waals surface area contributed by atoms with Gasteiger partial charge in [0.25, 0.3) is 0 Å². The van der Waals surface area contributed by atoms with Crippen LogP contribution in [0.4, 0.5) is 10.1 Å². The Labute approximate surface area is 116 Å². The van der Waals surface area contributed by atoms with Crippen molar-refractivity contribution in [3.8, 4) is 0 Å². The Bertz CT molecular complexity index is 737. The van der Waals surface area contributed by atoms with E-state index in [-0.39, 0.29) is 11.9 Å². The summed E-state index contributed by atoms with van der Waals surface area (Å²) in [5.74, 6) is -0.228. The van der Waals surface area contributed by atoms with Gasteiger partial charge in [0.15, 0.2) is 0 Å². The fourth-order valence-corrected chi connectivity index (χ4v) is 2.21. The molecule has 0 spiro atoms. The van der Waals surface area contributed by atoms with Crippen LogP contribution in [0.1, 0.15) is 18.5 Å². The van der Waals surface area contributed by atoms with Crippen LogP contribution in [-0.2, 0) is 0 Å². The minimum Gasteiger partial charge on any atom is -0.377 e. The van der Waals surface area contributed by atoms with Gasteiger partial charge >= 0.3 is 0 Å². The van der Waals surface area contributed by atoms with Crippen molar-refractivity contribution in [2.24, 2.45) is 0 Å². The lowest BCUT2D eigenvalue weighted by molar-refractivity contribution is 0.623. The molecule has 0 aliphatic rings. The highest BCUT2D eigenvalue weighted by Gasteiger charge is 2.09. The van der Waals surface area contributed by atoms with Gasteiger partial charge in [0.05, 0.1) is 17.4 Å². The molecule has 1 aromatic heterocycles. The highest BCUT2D eigenvalue weighted by atomic mass is 19.1. The molecule has 0 bridgehead atoms. The van der Waals surface area contributed by atoms with E-state index in [1.165, 1.54) is 12.1 Å². The Morgan fingerprint density at radius 1 is 1.10 bits per heavy atom. The van der Waals surface area contributed by atoms with E-state index in [9.17, 15) is 4.39 Å². The molecule has 3 nitrogen and oxygen atoms in total. The smallest absolute Gasteiger partial charge is 0.123 e. The van der Waals surface area contributed by atoms with Crippen LogP contribution in [-0.4, -0.2) is 10.2 Å². The topological polar surface area (TPSA) is 37.8 Å². The van der Waals surface area contributed by atoms with E-state index < -0.39 is 0 Å². The van der Waals surface area contributed by atoms with Crippen molar-refractivity contribution in [1.82, 2.24) is 10.2 Å². The quantitative estimate of drug-likeness (QED) is 0.781. The molecule has 0 aliphatic heterocycles. The summed E-state index contributed by atoms with van der Waals surface area (Å²) in [7, 11) is 0. The molecule has 0 saturated heterocycles. The van der Waals surface area contributed by atoms with Crippen LogP contribution in [0.3, 0.4) is 0 Å². The van der Waals surface area contributed by atoms with E-state index in [0.717, 1.165) is 22.2 Å². The Morgan fingerprint density at radius 2 is 1.95 bits per heavy atom. The van der Waals surface area contributed by atoms with Gasteiger partial charge in [-0.05, 0) is 30.7 Å². The van der Waals surface area contributed by atoms with Crippen molar-refractivity contribution < 1.29 is 4.39 Å². The molecule has 20 heavy (non-hydrogen) atoms. The largest absolute Gasteiger partial charge is 0.377 e. The molecule has 0 amide bonds. The molecule has 1 heterocycles. The standard InChI is InChI=1S/C16H14FN3/c1-11(12-5-4-6-13(17)9-12)19-16-10-18-20-15-8-3-2-7-14(15)16/h2-11H,1H3,(H,19,20). The number of fused-ring (bicyclic) bond motifs is 1. The van der Waals surface area contributed by atoms with Gasteiger partial charge in [0.2, 0.25) is 0 Å². The zero-order valence-corrected chi connectivity index (χ0v) is 11.0. The molecule has 1 unspecified atom stereocenters. The van der Waals surface area contributed by atoms with Crippen LogP contribution in [0.5, 0.6) is 0 Å². The first-order valence-electron chi connectivity index (χ1n) is 6.46. The number of hydrogen-bond donors (Lipinski definition) is 1. The fraction of sp³-hybridized carbons (Fsp3) is 0.125. The number of benzene rings is 2. The average Bonchev–Trinajstić information content (AvgIpc) is 2.47. The minimum atomic E-state index is -0.228. The lowest BCUT2D eigenvalue weighted by Crippen LogP contribution is -2.07. The predicted molar refractivity (Wildman–Crippen MR) is 78.0 cm³/mol. The van der Waals surface area contributed by atoms with Crippen molar-refractivity contribution >= 4 is 16.6 Å². The highest BCUT2D eigenvalue weighted by molar-refractivity contribution is 5.90. The van der Waals surface area contributed by atoms with Gasteiger partial charge in [0.1, 0.15) is 5.82 Å². The van der Waals surface area contributed by atoms with Gasteiger partial charge < -0.3 is 5.32 Å². The summed E-state index contributed by atoms with van der Waals surface area (Å²) in [5, 5.41) is 12.4. The maximum absolute atomic E-state index is 13.3. The summed E-state index contributed by atoms with van der Waals surface area (Å²) < 4.78 is 13.3. The molecular weight excluding hydrogens is 253 g/mol. The number of halogens is 1. The first-order valence-corrected chi connectivity index (χ1v) is 6.46. The van der Waals surface area contributed by atoms with Crippen LogP contribution < -0.4 is 5.32 Å². The summed E-state index contributed by atoms with van der Waals surface area (Å²) in [5.41, 5.74) is 2.63.